The molecule has 8 nitrogen and oxygen atoms in total. The quantitative estimate of drug-likeness (QED) is 0.773. The number of ether oxygens (including phenoxy) is 2. The van der Waals surface area contributed by atoms with Crippen LogP contribution in [0.1, 0.15) is 23.5 Å². The van der Waals surface area contributed by atoms with E-state index in [1.54, 1.807) is 6.26 Å². The molecule has 1 fully saturated rings. The highest BCUT2D eigenvalue weighted by Gasteiger charge is 2.26. The predicted octanol–water partition coefficient (Wildman–Crippen LogP) is 0.657. The van der Waals surface area contributed by atoms with Gasteiger partial charge in [-0.2, -0.15) is 5.10 Å². The summed E-state index contributed by atoms with van der Waals surface area (Å²) in [6.07, 6.45) is 0.885. The maximum absolute atomic E-state index is 10.1. The summed E-state index contributed by atoms with van der Waals surface area (Å²) < 4.78 is 16.4. The Morgan fingerprint density at radius 2 is 2.48 bits per heavy atom. The normalized spacial score (nSPS) is 20.7. The van der Waals surface area contributed by atoms with Gasteiger partial charge in [0.05, 0.1) is 25.6 Å². The van der Waals surface area contributed by atoms with E-state index in [2.05, 4.69) is 20.1 Å². The first-order valence-corrected chi connectivity index (χ1v) is 7.72. The molecule has 3 heterocycles. The topological polar surface area (TPSA) is 96.6 Å². The van der Waals surface area contributed by atoms with Crippen LogP contribution in [0.15, 0.2) is 22.8 Å². The Balaban J connectivity index is 1.41. The Bertz CT molecular complexity index is 586. The number of aromatic amines is 1. The number of aromatic nitrogens is 3. The van der Waals surface area contributed by atoms with Crippen LogP contribution < -0.4 is 0 Å². The maximum Gasteiger partial charge on any atom is 0.180 e. The minimum absolute atomic E-state index is 0.162. The first kappa shape index (κ1) is 16.1. The van der Waals surface area contributed by atoms with Crippen LogP contribution in [0, 0.1) is 6.92 Å². The van der Waals surface area contributed by atoms with Gasteiger partial charge >= 0.3 is 0 Å². The molecule has 23 heavy (non-hydrogen) atoms. The standard InChI is InChI=1S/C15H22N4O4/c1-11-16-15(18-17-11)14-8-19(4-6-23-14)7-12(20)9-21-10-13-3-2-5-22-13/h2-3,5,12,14,20H,4,6-10H2,1H3,(H,16,17,18). The fourth-order valence-corrected chi connectivity index (χ4v) is 2.57. The Hall–Kier alpha value is -1.74. The number of hydrogen-bond acceptors (Lipinski definition) is 7. The van der Waals surface area contributed by atoms with Crippen LogP contribution in [-0.4, -0.2) is 64.1 Å². The maximum atomic E-state index is 10.1. The van der Waals surface area contributed by atoms with Crippen molar-refractivity contribution >= 4 is 0 Å². The third-order valence-electron chi connectivity index (χ3n) is 3.66. The smallest absolute Gasteiger partial charge is 0.180 e. The average molecular weight is 322 g/mol. The summed E-state index contributed by atoms with van der Waals surface area (Å²) in [7, 11) is 0. The van der Waals surface area contributed by atoms with Gasteiger partial charge in [-0.05, 0) is 19.1 Å². The molecule has 1 aliphatic heterocycles. The Morgan fingerprint density at radius 1 is 1.57 bits per heavy atom. The zero-order valence-electron chi connectivity index (χ0n) is 13.1. The van der Waals surface area contributed by atoms with Crippen molar-refractivity contribution in [1.29, 1.82) is 0 Å². The molecule has 2 unspecified atom stereocenters. The second kappa shape index (κ2) is 7.69. The molecular formula is C15H22N4O4. The lowest BCUT2D eigenvalue weighted by Gasteiger charge is -2.32. The summed E-state index contributed by atoms with van der Waals surface area (Å²) >= 11 is 0. The van der Waals surface area contributed by atoms with E-state index in [4.69, 9.17) is 13.9 Å². The van der Waals surface area contributed by atoms with E-state index in [0.29, 0.717) is 32.1 Å². The van der Waals surface area contributed by atoms with Crippen molar-refractivity contribution in [3.05, 3.63) is 35.8 Å². The van der Waals surface area contributed by atoms with Crippen molar-refractivity contribution in [2.24, 2.45) is 0 Å². The molecule has 2 atom stereocenters. The fourth-order valence-electron chi connectivity index (χ4n) is 2.57. The van der Waals surface area contributed by atoms with Crippen molar-refractivity contribution in [2.75, 3.05) is 32.8 Å². The molecule has 0 amide bonds. The Labute approximate surface area is 134 Å². The molecule has 0 saturated carbocycles. The Kier molecular flexibility index (Phi) is 5.39. The van der Waals surface area contributed by atoms with Gasteiger partial charge in [0.25, 0.3) is 0 Å². The number of furan rings is 1. The van der Waals surface area contributed by atoms with E-state index < -0.39 is 6.10 Å². The van der Waals surface area contributed by atoms with E-state index in [0.717, 1.165) is 18.1 Å². The lowest BCUT2D eigenvalue weighted by atomic mass is 10.2. The van der Waals surface area contributed by atoms with E-state index in [9.17, 15) is 5.11 Å². The summed E-state index contributed by atoms with van der Waals surface area (Å²) in [5.41, 5.74) is 0. The molecule has 3 rings (SSSR count). The van der Waals surface area contributed by atoms with Crippen LogP contribution in [0.4, 0.5) is 0 Å². The number of morpholine rings is 1. The molecule has 1 aliphatic rings. The summed E-state index contributed by atoms with van der Waals surface area (Å²) in [6, 6.07) is 3.66. The monoisotopic (exact) mass is 322 g/mol. The van der Waals surface area contributed by atoms with Gasteiger partial charge in [-0.3, -0.25) is 10.00 Å². The molecular weight excluding hydrogens is 300 g/mol. The third-order valence-corrected chi connectivity index (χ3v) is 3.66. The van der Waals surface area contributed by atoms with Gasteiger partial charge in [-0.1, -0.05) is 0 Å². The number of hydrogen-bond donors (Lipinski definition) is 2. The third kappa shape index (κ3) is 4.61. The summed E-state index contributed by atoms with van der Waals surface area (Å²) in [4.78, 5) is 6.45. The van der Waals surface area contributed by atoms with Crippen molar-refractivity contribution in [2.45, 2.75) is 25.7 Å². The van der Waals surface area contributed by atoms with Crippen molar-refractivity contribution in [3.63, 3.8) is 0 Å². The molecule has 0 aliphatic carbocycles. The number of H-pyrrole nitrogens is 1. The molecule has 8 heteroatoms. The molecule has 2 aromatic rings. The largest absolute Gasteiger partial charge is 0.467 e. The average Bonchev–Trinajstić information content (AvgIpc) is 3.19. The molecule has 0 radical (unpaired) electrons. The number of aliphatic hydroxyl groups is 1. The van der Waals surface area contributed by atoms with Gasteiger partial charge in [0.15, 0.2) is 5.82 Å². The minimum Gasteiger partial charge on any atom is -0.467 e. The van der Waals surface area contributed by atoms with Gasteiger partial charge in [-0.25, -0.2) is 4.98 Å². The fraction of sp³-hybridized carbons (Fsp3) is 0.600. The second-order valence-electron chi connectivity index (χ2n) is 5.65. The van der Waals surface area contributed by atoms with Gasteiger partial charge in [-0.15, -0.1) is 0 Å². The number of β-amino-alcohol motifs (C(OH)–C–C–N with tert-alkyl or cyclic N) is 1. The zero-order valence-corrected chi connectivity index (χ0v) is 13.1. The highest BCUT2D eigenvalue weighted by Crippen LogP contribution is 2.19. The van der Waals surface area contributed by atoms with Crippen LogP contribution in [0.3, 0.4) is 0 Å². The summed E-state index contributed by atoms with van der Waals surface area (Å²) in [6.45, 7) is 5.05. The van der Waals surface area contributed by atoms with Crippen LogP contribution in [-0.2, 0) is 16.1 Å². The van der Waals surface area contributed by atoms with Crippen LogP contribution in [0.2, 0.25) is 0 Å². The lowest BCUT2D eigenvalue weighted by Crippen LogP contribution is -2.43. The highest BCUT2D eigenvalue weighted by molar-refractivity contribution is 4.96. The van der Waals surface area contributed by atoms with E-state index >= 15 is 0 Å². The number of aliphatic hydroxyl groups excluding tert-OH is 1. The van der Waals surface area contributed by atoms with Crippen LogP contribution in [0.25, 0.3) is 0 Å². The first-order valence-electron chi connectivity index (χ1n) is 7.72. The predicted molar refractivity (Wildman–Crippen MR) is 80.6 cm³/mol. The molecule has 2 aromatic heterocycles. The number of aryl methyl sites for hydroxylation is 1. The van der Waals surface area contributed by atoms with Crippen LogP contribution in [0.5, 0.6) is 0 Å². The van der Waals surface area contributed by atoms with Gasteiger partial charge in [0, 0.05) is 19.6 Å². The molecule has 2 N–H and O–H groups in total. The molecule has 1 saturated heterocycles. The highest BCUT2D eigenvalue weighted by atomic mass is 16.5. The molecule has 0 spiro atoms. The summed E-state index contributed by atoms with van der Waals surface area (Å²) in [5.74, 6) is 2.19. The van der Waals surface area contributed by atoms with E-state index in [1.165, 1.54) is 0 Å². The SMILES string of the molecule is Cc1nc(C2CN(CC(O)COCc3ccco3)CCO2)n[nH]1. The van der Waals surface area contributed by atoms with Crippen molar-refractivity contribution in [3.8, 4) is 0 Å². The first-order chi connectivity index (χ1) is 11.2. The lowest BCUT2D eigenvalue weighted by molar-refractivity contribution is -0.0572. The zero-order chi connectivity index (χ0) is 16.1. The van der Waals surface area contributed by atoms with Gasteiger partial charge in [0.2, 0.25) is 0 Å². The minimum atomic E-state index is -0.558. The van der Waals surface area contributed by atoms with Crippen molar-refractivity contribution < 1.29 is 19.0 Å². The van der Waals surface area contributed by atoms with Gasteiger partial charge < -0.3 is 19.0 Å². The molecule has 0 bridgehead atoms. The second-order valence-corrected chi connectivity index (χ2v) is 5.65. The van der Waals surface area contributed by atoms with Crippen molar-refractivity contribution in [1.82, 2.24) is 20.1 Å². The Morgan fingerprint density at radius 3 is 3.22 bits per heavy atom. The van der Waals surface area contributed by atoms with E-state index in [1.807, 2.05) is 19.1 Å². The van der Waals surface area contributed by atoms with Crippen LogP contribution >= 0.6 is 0 Å². The molecule has 0 aromatic carbocycles. The molecule has 126 valence electrons. The number of rotatable bonds is 7. The number of nitrogens with zero attached hydrogens (tertiary/aromatic N) is 3. The number of nitrogens with one attached hydrogen (secondary N) is 1. The van der Waals surface area contributed by atoms with E-state index in [-0.39, 0.29) is 12.7 Å². The van der Waals surface area contributed by atoms with Gasteiger partial charge in [0.1, 0.15) is 24.3 Å². The summed E-state index contributed by atoms with van der Waals surface area (Å²) in [5, 5.41) is 17.1.